The number of nitrogens with one attached hydrogen (secondary N) is 1. The fraction of sp³-hybridized carbons (Fsp3) is 0.647. The third kappa shape index (κ3) is 6.46. The Morgan fingerprint density at radius 1 is 1.24 bits per heavy atom. The Kier molecular flexibility index (Phi) is 7.72. The minimum atomic E-state index is -0.564. The fourth-order valence-corrected chi connectivity index (χ4v) is 2.30. The van der Waals surface area contributed by atoms with Crippen LogP contribution in [0.15, 0.2) is 18.2 Å². The van der Waals surface area contributed by atoms with E-state index < -0.39 is 6.10 Å². The topological polar surface area (TPSA) is 61.7 Å². The molecule has 0 radical (unpaired) electrons. The number of ether oxygens (including phenoxy) is 1. The average Bonchev–Trinajstić information content (AvgIpc) is 2.42. The van der Waals surface area contributed by atoms with E-state index in [9.17, 15) is 5.11 Å². The Balaban J connectivity index is 2.38. The molecule has 0 spiro atoms. The van der Waals surface area contributed by atoms with E-state index in [-0.39, 0.29) is 19.3 Å². The molecule has 4 nitrogen and oxygen atoms in total. The molecule has 0 aliphatic carbocycles. The van der Waals surface area contributed by atoms with Gasteiger partial charge in [-0.2, -0.15) is 0 Å². The van der Waals surface area contributed by atoms with Gasteiger partial charge < -0.3 is 20.3 Å². The van der Waals surface area contributed by atoms with Crippen molar-refractivity contribution >= 4 is 0 Å². The normalized spacial score (nSPS) is 14.2. The van der Waals surface area contributed by atoms with Gasteiger partial charge in [0.05, 0.1) is 0 Å². The molecule has 0 heterocycles. The Morgan fingerprint density at radius 3 is 2.52 bits per heavy atom. The first kappa shape index (κ1) is 18.0. The van der Waals surface area contributed by atoms with Crippen LogP contribution in [0.3, 0.4) is 0 Å². The summed E-state index contributed by atoms with van der Waals surface area (Å²) in [7, 11) is 0. The number of aliphatic hydroxyl groups excluding tert-OH is 2. The number of hydrogen-bond donors (Lipinski definition) is 3. The molecule has 0 bridgehead atoms. The maximum atomic E-state index is 10.0. The maximum absolute atomic E-state index is 10.0. The van der Waals surface area contributed by atoms with Crippen LogP contribution in [0.1, 0.15) is 31.4 Å². The van der Waals surface area contributed by atoms with Gasteiger partial charge in [-0.3, -0.25) is 0 Å². The molecule has 0 aromatic heterocycles. The van der Waals surface area contributed by atoms with Gasteiger partial charge in [0.1, 0.15) is 18.5 Å². The average molecular weight is 295 g/mol. The van der Waals surface area contributed by atoms with Crippen molar-refractivity contribution in [1.29, 1.82) is 0 Å². The van der Waals surface area contributed by atoms with Gasteiger partial charge in [0, 0.05) is 19.2 Å². The predicted molar refractivity (Wildman–Crippen MR) is 85.7 cm³/mol. The molecule has 0 aliphatic heterocycles. The molecule has 3 N–H and O–H groups in total. The van der Waals surface area contributed by atoms with Crippen LogP contribution < -0.4 is 10.1 Å². The van der Waals surface area contributed by atoms with E-state index >= 15 is 0 Å². The van der Waals surface area contributed by atoms with Crippen molar-refractivity contribution < 1.29 is 14.9 Å². The third-order valence-electron chi connectivity index (χ3n) is 3.62. The summed E-state index contributed by atoms with van der Waals surface area (Å²) in [5.41, 5.74) is 2.28. The smallest absolute Gasteiger partial charge is 0.122 e. The van der Waals surface area contributed by atoms with E-state index in [0.29, 0.717) is 18.9 Å². The monoisotopic (exact) mass is 295 g/mol. The summed E-state index contributed by atoms with van der Waals surface area (Å²) >= 11 is 0. The molecular weight excluding hydrogens is 266 g/mol. The van der Waals surface area contributed by atoms with E-state index in [1.165, 1.54) is 5.56 Å². The maximum Gasteiger partial charge on any atom is 0.122 e. The summed E-state index contributed by atoms with van der Waals surface area (Å²) in [6.07, 6.45) is 0.133. The molecule has 120 valence electrons. The van der Waals surface area contributed by atoms with Crippen LogP contribution in [0.4, 0.5) is 0 Å². The number of hydrogen-bond acceptors (Lipinski definition) is 4. The van der Waals surface area contributed by atoms with Crippen molar-refractivity contribution in [2.24, 2.45) is 5.92 Å². The lowest BCUT2D eigenvalue weighted by atomic mass is 10.0. The zero-order valence-corrected chi connectivity index (χ0v) is 13.6. The van der Waals surface area contributed by atoms with Crippen LogP contribution in [0.25, 0.3) is 0 Å². The number of benzene rings is 1. The van der Waals surface area contributed by atoms with E-state index in [1.54, 1.807) is 0 Å². The molecular formula is C17H29NO3. The Bertz CT molecular complexity index is 420. The summed E-state index contributed by atoms with van der Waals surface area (Å²) in [6.45, 7) is 9.14. The van der Waals surface area contributed by atoms with Gasteiger partial charge in [0.25, 0.3) is 0 Å². The van der Waals surface area contributed by atoms with Crippen LogP contribution in [-0.4, -0.2) is 42.1 Å². The largest absolute Gasteiger partial charge is 0.491 e. The molecule has 0 amide bonds. The van der Waals surface area contributed by atoms with Gasteiger partial charge >= 0.3 is 0 Å². The van der Waals surface area contributed by atoms with E-state index in [4.69, 9.17) is 9.84 Å². The highest BCUT2D eigenvalue weighted by atomic mass is 16.5. The summed E-state index contributed by atoms with van der Waals surface area (Å²) in [4.78, 5) is 0. The molecule has 21 heavy (non-hydrogen) atoms. The Labute approximate surface area is 128 Å². The van der Waals surface area contributed by atoms with Crippen LogP contribution in [-0.2, 0) is 0 Å². The lowest BCUT2D eigenvalue weighted by Crippen LogP contribution is -2.41. The second kappa shape index (κ2) is 9.03. The van der Waals surface area contributed by atoms with E-state index in [0.717, 1.165) is 11.3 Å². The molecule has 4 heteroatoms. The highest BCUT2D eigenvalue weighted by Crippen LogP contribution is 2.18. The van der Waals surface area contributed by atoms with Gasteiger partial charge in [-0.1, -0.05) is 31.5 Å². The minimum absolute atomic E-state index is 0.158. The van der Waals surface area contributed by atoms with Gasteiger partial charge in [0.15, 0.2) is 0 Å². The van der Waals surface area contributed by atoms with Gasteiger partial charge in [0.2, 0.25) is 0 Å². The van der Waals surface area contributed by atoms with Crippen molar-refractivity contribution in [1.82, 2.24) is 5.32 Å². The summed E-state index contributed by atoms with van der Waals surface area (Å²) < 4.78 is 5.67. The molecule has 1 aromatic carbocycles. The minimum Gasteiger partial charge on any atom is -0.491 e. The summed E-state index contributed by atoms with van der Waals surface area (Å²) in [6, 6.07) is 6.22. The molecule has 1 aromatic rings. The number of rotatable bonds is 9. The van der Waals surface area contributed by atoms with E-state index in [2.05, 4.69) is 25.2 Å². The zero-order chi connectivity index (χ0) is 15.8. The van der Waals surface area contributed by atoms with Crippen LogP contribution in [0.2, 0.25) is 0 Å². The first-order chi connectivity index (χ1) is 9.93. The van der Waals surface area contributed by atoms with Crippen molar-refractivity contribution in [2.75, 3.05) is 19.8 Å². The molecule has 2 unspecified atom stereocenters. The fourth-order valence-electron chi connectivity index (χ4n) is 2.30. The number of aliphatic hydroxyl groups is 2. The first-order valence-electron chi connectivity index (χ1n) is 7.66. The van der Waals surface area contributed by atoms with Crippen molar-refractivity contribution in [3.63, 3.8) is 0 Å². The van der Waals surface area contributed by atoms with Gasteiger partial charge in [-0.05, 0) is 37.8 Å². The molecule has 1 rings (SSSR count). The van der Waals surface area contributed by atoms with Gasteiger partial charge in [-0.25, -0.2) is 0 Å². The quantitative estimate of drug-likeness (QED) is 0.652. The molecule has 0 aliphatic rings. The van der Waals surface area contributed by atoms with Gasteiger partial charge in [-0.15, -0.1) is 0 Å². The zero-order valence-electron chi connectivity index (χ0n) is 13.6. The second-order valence-electron chi connectivity index (χ2n) is 6.00. The highest BCUT2D eigenvalue weighted by Gasteiger charge is 2.14. The SMILES string of the molecule is Cc1ccc(OCC(O)CNC(CCO)C(C)C)c(C)c1. The van der Waals surface area contributed by atoms with Crippen molar-refractivity contribution in [3.8, 4) is 5.75 Å². The molecule has 0 saturated heterocycles. The van der Waals surface area contributed by atoms with Crippen molar-refractivity contribution in [3.05, 3.63) is 29.3 Å². The molecule has 0 saturated carbocycles. The lowest BCUT2D eigenvalue weighted by Gasteiger charge is -2.23. The molecule has 0 fully saturated rings. The first-order valence-corrected chi connectivity index (χ1v) is 7.66. The summed E-state index contributed by atoms with van der Waals surface area (Å²) in [5, 5.41) is 22.3. The second-order valence-corrected chi connectivity index (χ2v) is 6.00. The van der Waals surface area contributed by atoms with Crippen LogP contribution >= 0.6 is 0 Å². The van der Waals surface area contributed by atoms with Crippen LogP contribution in [0.5, 0.6) is 5.75 Å². The Morgan fingerprint density at radius 2 is 1.95 bits per heavy atom. The number of aryl methyl sites for hydroxylation is 2. The Hall–Kier alpha value is -1.10. The predicted octanol–water partition coefficient (Wildman–Crippen LogP) is 2.04. The van der Waals surface area contributed by atoms with Crippen LogP contribution in [0, 0.1) is 19.8 Å². The van der Waals surface area contributed by atoms with Crippen molar-refractivity contribution in [2.45, 2.75) is 46.3 Å². The third-order valence-corrected chi connectivity index (χ3v) is 3.62. The molecule has 2 atom stereocenters. The summed E-state index contributed by atoms with van der Waals surface area (Å²) in [5.74, 6) is 1.24. The highest BCUT2D eigenvalue weighted by molar-refractivity contribution is 5.35. The lowest BCUT2D eigenvalue weighted by molar-refractivity contribution is 0.0992. The van der Waals surface area contributed by atoms with E-state index in [1.807, 2.05) is 26.0 Å². The standard InChI is InChI=1S/C17H29NO3/c1-12(2)16(7-8-19)18-10-15(20)11-21-17-6-5-13(3)9-14(17)4/h5-6,9,12,15-16,18-20H,7-8,10-11H2,1-4H3.